The number of rotatable bonds is 5. The molecule has 0 radical (unpaired) electrons. The van der Waals surface area contributed by atoms with Crippen molar-refractivity contribution in [1.82, 2.24) is 4.90 Å². The van der Waals surface area contributed by atoms with Crippen molar-refractivity contribution < 1.29 is 28.3 Å². The zero-order valence-electron chi connectivity index (χ0n) is 19.0. The second-order valence-corrected chi connectivity index (χ2v) is 14.8. The Morgan fingerprint density at radius 2 is 1.61 bits per heavy atom. The second kappa shape index (κ2) is 8.53. The Balaban J connectivity index is 3.31. The van der Waals surface area contributed by atoms with Crippen LogP contribution in [0.1, 0.15) is 61.3 Å². The van der Waals surface area contributed by atoms with Gasteiger partial charge in [0.2, 0.25) is 0 Å². The molecule has 28 heavy (non-hydrogen) atoms. The quantitative estimate of drug-likeness (QED) is 0.500. The van der Waals surface area contributed by atoms with Crippen LogP contribution in [0.5, 0.6) is 0 Å². The van der Waals surface area contributed by atoms with Crippen molar-refractivity contribution in [2.75, 3.05) is 7.11 Å². The first-order chi connectivity index (χ1) is 12.5. The molecule has 0 aromatic carbocycles. The fourth-order valence-electron chi connectivity index (χ4n) is 3.03. The summed E-state index contributed by atoms with van der Waals surface area (Å²) in [6.07, 6.45) is -0.667. The predicted molar refractivity (Wildman–Crippen MR) is 110 cm³/mol. The van der Waals surface area contributed by atoms with Crippen molar-refractivity contribution in [3.8, 4) is 0 Å². The summed E-state index contributed by atoms with van der Waals surface area (Å²) in [5, 5.41) is -0.0477. The van der Waals surface area contributed by atoms with Crippen LogP contribution in [-0.4, -0.2) is 62.0 Å². The van der Waals surface area contributed by atoms with E-state index in [9.17, 15) is 14.4 Å². The summed E-state index contributed by atoms with van der Waals surface area (Å²) in [5.74, 6) is -0.603. The summed E-state index contributed by atoms with van der Waals surface area (Å²) < 4.78 is 17.0. The first kappa shape index (κ1) is 24.6. The Morgan fingerprint density at radius 3 is 2.00 bits per heavy atom. The number of nitrogens with zero attached hydrogens (tertiary/aromatic N) is 1. The van der Waals surface area contributed by atoms with Gasteiger partial charge in [-0.25, -0.2) is 9.59 Å². The van der Waals surface area contributed by atoms with E-state index < -0.39 is 44.2 Å². The molecule has 1 heterocycles. The van der Waals surface area contributed by atoms with Crippen LogP contribution in [0.15, 0.2) is 0 Å². The van der Waals surface area contributed by atoms with Crippen molar-refractivity contribution in [3.05, 3.63) is 0 Å². The van der Waals surface area contributed by atoms with Gasteiger partial charge in [-0.15, -0.1) is 0 Å². The molecule has 1 amide bonds. The predicted octanol–water partition coefficient (Wildman–Crippen LogP) is 3.91. The maximum Gasteiger partial charge on any atom is 0.411 e. The zero-order valence-corrected chi connectivity index (χ0v) is 20.0. The number of Topliss-reactive ketones (excluding diaryl/α,β-unsaturated/α-hetero) is 1. The molecule has 0 spiro atoms. The average molecular weight is 416 g/mol. The van der Waals surface area contributed by atoms with Crippen LogP contribution >= 0.6 is 0 Å². The highest BCUT2D eigenvalue weighted by atomic mass is 28.4. The smallest absolute Gasteiger partial charge is 0.411 e. The van der Waals surface area contributed by atoms with Gasteiger partial charge >= 0.3 is 12.1 Å². The number of ketones is 1. The summed E-state index contributed by atoms with van der Waals surface area (Å²) >= 11 is 0. The van der Waals surface area contributed by atoms with Gasteiger partial charge in [-0.05, 0) is 45.8 Å². The lowest BCUT2D eigenvalue weighted by molar-refractivity contribution is -0.146. The molecular formula is C20H37NO6Si. The normalized spacial score (nSPS) is 23.5. The number of hydrogen-bond acceptors (Lipinski definition) is 6. The third-order valence-electron chi connectivity index (χ3n) is 5.40. The van der Waals surface area contributed by atoms with Crippen molar-refractivity contribution in [2.45, 2.75) is 103 Å². The van der Waals surface area contributed by atoms with Crippen LogP contribution in [0.3, 0.4) is 0 Å². The number of carbonyl (C=O) groups is 3. The van der Waals surface area contributed by atoms with Gasteiger partial charge in [0.05, 0.1) is 19.3 Å². The van der Waals surface area contributed by atoms with Gasteiger partial charge in [0.25, 0.3) is 0 Å². The van der Waals surface area contributed by atoms with Gasteiger partial charge in [-0.2, -0.15) is 0 Å². The summed E-state index contributed by atoms with van der Waals surface area (Å²) in [7, 11) is -0.901. The standard InChI is InChI=1S/C20H37NO6Si/c1-13(22)11-14-16(27-28(9,10)20(5,6)7)12-15(17(23)25-8)21(14)18(24)26-19(2,3)4/h14-16H,11-12H2,1-10H3/t14-,15+,16+/m1/s1. The minimum atomic E-state index is -2.19. The Bertz CT molecular complexity index is 605. The molecule has 1 fully saturated rings. The summed E-state index contributed by atoms with van der Waals surface area (Å²) in [4.78, 5) is 38.7. The average Bonchev–Trinajstić information content (AvgIpc) is 2.80. The monoisotopic (exact) mass is 415 g/mol. The molecular weight excluding hydrogens is 378 g/mol. The van der Waals surface area contributed by atoms with Crippen molar-refractivity contribution in [3.63, 3.8) is 0 Å². The number of likely N-dealkylation sites (tertiary alicyclic amines) is 1. The van der Waals surface area contributed by atoms with Gasteiger partial charge in [0.15, 0.2) is 8.32 Å². The first-order valence-corrected chi connectivity index (χ1v) is 12.7. The highest BCUT2D eigenvalue weighted by Crippen LogP contribution is 2.41. The molecule has 0 aromatic rings. The van der Waals surface area contributed by atoms with Crippen LogP contribution in [0, 0.1) is 0 Å². The Morgan fingerprint density at radius 1 is 1.07 bits per heavy atom. The van der Waals surface area contributed by atoms with Crippen molar-refractivity contribution in [2.24, 2.45) is 0 Å². The van der Waals surface area contributed by atoms with Crippen LogP contribution in [0.4, 0.5) is 4.79 Å². The Kier molecular flexibility index (Phi) is 7.50. The molecule has 162 valence electrons. The van der Waals surface area contributed by atoms with E-state index in [0.29, 0.717) is 0 Å². The molecule has 0 unspecified atom stereocenters. The fourth-order valence-corrected chi connectivity index (χ4v) is 4.39. The SMILES string of the molecule is COC(=O)[C@@H]1C[C@H](O[Si](C)(C)C(C)(C)C)[C@@H](CC(C)=O)N1C(=O)OC(C)(C)C. The Labute approximate surface area is 170 Å². The van der Waals surface area contributed by atoms with Crippen molar-refractivity contribution in [1.29, 1.82) is 0 Å². The van der Waals surface area contributed by atoms with Gasteiger partial charge < -0.3 is 13.9 Å². The van der Waals surface area contributed by atoms with E-state index in [1.165, 1.54) is 18.9 Å². The molecule has 0 N–H and O–H groups in total. The maximum atomic E-state index is 12.9. The van der Waals surface area contributed by atoms with Gasteiger partial charge in [-0.3, -0.25) is 9.69 Å². The summed E-state index contributed by atoms with van der Waals surface area (Å²) in [6.45, 7) is 17.4. The molecule has 0 aromatic heterocycles. The highest BCUT2D eigenvalue weighted by Gasteiger charge is 2.52. The number of ether oxygens (including phenoxy) is 2. The first-order valence-electron chi connectivity index (χ1n) is 9.76. The molecule has 3 atom stereocenters. The van der Waals surface area contributed by atoms with Gasteiger partial charge in [0.1, 0.15) is 17.4 Å². The summed E-state index contributed by atoms with van der Waals surface area (Å²) in [5.41, 5.74) is -0.725. The van der Waals surface area contributed by atoms with E-state index in [2.05, 4.69) is 33.9 Å². The molecule has 1 aliphatic heterocycles. The van der Waals surface area contributed by atoms with E-state index in [0.717, 1.165) is 0 Å². The van der Waals surface area contributed by atoms with Crippen LogP contribution in [0.2, 0.25) is 18.1 Å². The lowest BCUT2D eigenvalue weighted by Crippen LogP contribution is -2.51. The van der Waals surface area contributed by atoms with E-state index in [1.807, 2.05) is 0 Å². The van der Waals surface area contributed by atoms with Crippen LogP contribution in [0.25, 0.3) is 0 Å². The fraction of sp³-hybridized carbons (Fsp3) is 0.850. The molecule has 1 saturated heterocycles. The van der Waals surface area contributed by atoms with E-state index in [4.69, 9.17) is 13.9 Å². The molecule has 0 saturated carbocycles. The third-order valence-corrected chi connectivity index (χ3v) is 9.91. The Hall–Kier alpha value is -1.41. The molecule has 1 rings (SSSR count). The number of methoxy groups -OCH3 is 1. The number of esters is 1. The van der Waals surface area contributed by atoms with E-state index in [-0.39, 0.29) is 23.7 Å². The molecule has 7 nitrogen and oxygen atoms in total. The lowest BCUT2D eigenvalue weighted by Gasteiger charge is -2.40. The third kappa shape index (κ3) is 6.04. The molecule has 0 aliphatic carbocycles. The zero-order chi connectivity index (χ0) is 22.1. The number of hydrogen-bond donors (Lipinski definition) is 0. The van der Waals surface area contributed by atoms with Crippen LogP contribution < -0.4 is 0 Å². The molecule has 0 bridgehead atoms. The number of carbonyl (C=O) groups excluding carboxylic acids is 3. The van der Waals surface area contributed by atoms with E-state index in [1.54, 1.807) is 20.8 Å². The van der Waals surface area contributed by atoms with E-state index >= 15 is 0 Å². The summed E-state index contributed by atoms with van der Waals surface area (Å²) in [6, 6.07) is -1.40. The maximum absolute atomic E-state index is 12.9. The topological polar surface area (TPSA) is 82.1 Å². The van der Waals surface area contributed by atoms with Crippen LogP contribution in [-0.2, 0) is 23.5 Å². The van der Waals surface area contributed by atoms with Crippen molar-refractivity contribution >= 4 is 26.2 Å². The largest absolute Gasteiger partial charge is 0.467 e. The minimum Gasteiger partial charge on any atom is -0.467 e. The molecule has 8 heteroatoms. The number of amides is 1. The van der Waals surface area contributed by atoms with Gasteiger partial charge in [0, 0.05) is 12.8 Å². The molecule has 1 aliphatic rings. The minimum absolute atomic E-state index is 0.0477. The lowest BCUT2D eigenvalue weighted by atomic mass is 10.1. The van der Waals surface area contributed by atoms with Gasteiger partial charge in [-0.1, -0.05) is 20.8 Å². The highest BCUT2D eigenvalue weighted by molar-refractivity contribution is 6.74. The second-order valence-electron chi connectivity index (χ2n) is 10.1.